The van der Waals surface area contributed by atoms with Gasteiger partial charge in [-0.15, -0.1) is 41.0 Å². The molecule has 32 heteroatoms. The standard InChI is InChI=1S/2C24H31N5.4ClHO4.2Ni/c2*1-28(17-11-22-8-2-5-14-25-22)20-21-29(18-12-23-9-3-6-15-26-23)19-13-24-10-4-7-16-27-24;4*2-1(3,4)5;;/h2*2-10,14-16H,11-13,17-21H2,1H3;4*(H,2,3,4,5);;/q;;;;;;2*+2/p-4. The zero-order valence-electron chi connectivity index (χ0n) is 43.3. The van der Waals surface area contributed by atoms with Gasteiger partial charge in [0, 0.05) is 175 Å². The van der Waals surface area contributed by atoms with Gasteiger partial charge in [-0.2, -0.15) is 0 Å². The van der Waals surface area contributed by atoms with E-state index in [-0.39, 0.29) is 33.0 Å². The van der Waals surface area contributed by atoms with Crippen LogP contribution < -0.4 is 74.5 Å². The van der Waals surface area contributed by atoms with Crippen LogP contribution in [0.3, 0.4) is 0 Å². The maximum atomic E-state index is 8.49. The summed E-state index contributed by atoms with van der Waals surface area (Å²) in [6.45, 7) is 10.2. The molecule has 26 nitrogen and oxygen atoms in total. The predicted molar refractivity (Wildman–Crippen MR) is 236 cm³/mol. The van der Waals surface area contributed by atoms with E-state index in [1.54, 1.807) is 0 Å². The van der Waals surface area contributed by atoms with E-state index in [1.165, 1.54) is 0 Å². The second kappa shape index (κ2) is 44.8. The molecule has 0 bridgehead atoms. The van der Waals surface area contributed by atoms with E-state index >= 15 is 0 Å². The molecule has 0 radical (unpaired) electrons. The summed E-state index contributed by atoms with van der Waals surface area (Å²) in [6, 6.07) is 36.8. The Labute approximate surface area is 493 Å². The number of hydrogen-bond donors (Lipinski definition) is 0. The molecule has 6 rings (SSSR count). The number of hydrogen-bond acceptors (Lipinski definition) is 26. The number of nitrogens with zero attached hydrogens (tertiary/aromatic N) is 10. The normalized spacial score (nSPS) is 11.2. The van der Waals surface area contributed by atoms with Crippen molar-refractivity contribution in [1.82, 2.24) is 49.5 Å². The van der Waals surface area contributed by atoms with Gasteiger partial charge in [0.1, 0.15) is 0 Å². The predicted octanol–water partition coefficient (Wildman–Crippen LogP) is -12.8. The summed E-state index contributed by atoms with van der Waals surface area (Å²) in [5, 5.41) is 0. The zero-order valence-corrected chi connectivity index (χ0v) is 48.3. The second-order valence-corrected chi connectivity index (χ2v) is 19.3. The molecule has 6 aromatic rings. The van der Waals surface area contributed by atoms with E-state index in [2.05, 4.69) is 136 Å². The van der Waals surface area contributed by atoms with Gasteiger partial charge in [0.15, 0.2) is 0 Å². The van der Waals surface area contributed by atoms with Crippen LogP contribution in [-0.2, 0) is 71.5 Å². The minimum absolute atomic E-state index is 0. The van der Waals surface area contributed by atoms with Gasteiger partial charge in [-0.3, -0.25) is 29.9 Å². The van der Waals surface area contributed by atoms with Gasteiger partial charge < -0.3 is 19.6 Å². The van der Waals surface area contributed by atoms with E-state index in [9.17, 15) is 0 Å². The zero-order chi connectivity index (χ0) is 58.3. The fourth-order valence-corrected chi connectivity index (χ4v) is 6.50. The quantitative estimate of drug-likeness (QED) is 0.0508. The van der Waals surface area contributed by atoms with Crippen molar-refractivity contribution in [3.05, 3.63) is 181 Å². The Morgan fingerprint density at radius 2 is 0.425 bits per heavy atom. The van der Waals surface area contributed by atoms with Crippen molar-refractivity contribution < 1.29 is 148 Å². The van der Waals surface area contributed by atoms with Crippen LogP contribution >= 0.6 is 0 Å². The molecule has 0 aromatic carbocycles. The van der Waals surface area contributed by atoms with Crippen molar-refractivity contribution in [2.45, 2.75) is 38.5 Å². The summed E-state index contributed by atoms with van der Waals surface area (Å²) in [7, 11) is -15.4. The van der Waals surface area contributed by atoms with Crippen molar-refractivity contribution in [3.8, 4) is 0 Å². The Bertz CT molecular complexity index is 2040. The van der Waals surface area contributed by atoms with Gasteiger partial charge >= 0.3 is 33.0 Å². The topological polar surface area (TPSA) is 459 Å². The minimum Gasteiger partial charge on any atom is -0.305 e. The van der Waals surface area contributed by atoms with Crippen LogP contribution in [0, 0.1) is 41.0 Å². The Balaban J connectivity index is 0. The molecule has 0 aliphatic carbocycles. The fourth-order valence-electron chi connectivity index (χ4n) is 6.50. The molecule has 0 N–H and O–H groups in total. The molecule has 0 aliphatic heterocycles. The van der Waals surface area contributed by atoms with Crippen LogP contribution in [0.25, 0.3) is 0 Å². The van der Waals surface area contributed by atoms with Crippen molar-refractivity contribution >= 4 is 0 Å². The third-order valence-corrected chi connectivity index (χ3v) is 10.2. The molecule has 0 spiro atoms. The average molecular weight is 1290 g/mol. The molecular formula is C48H62Cl4N10Ni2O16. The summed E-state index contributed by atoms with van der Waals surface area (Å²) < 4.78 is 136. The number of halogens is 4. The van der Waals surface area contributed by atoms with Crippen molar-refractivity contribution in [2.24, 2.45) is 0 Å². The van der Waals surface area contributed by atoms with Crippen LogP contribution in [0.2, 0.25) is 0 Å². The maximum Gasteiger partial charge on any atom is 2.00 e. The average Bonchev–Trinajstić information content (AvgIpc) is 3.37. The molecule has 80 heavy (non-hydrogen) atoms. The number of likely N-dealkylation sites (N-methyl/N-ethyl adjacent to an activating group) is 2. The van der Waals surface area contributed by atoms with Gasteiger partial charge in [0.25, 0.3) is 0 Å². The molecular weight excluding hydrogens is 1230 g/mol. The summed E-state index contributed by atoms with van der Waals surface area (Å²) in [5.41, 5.74) is 6.92. The van der Waals surface area contributed by atoms with Gasteiger partial charge in [-0.05, 0) is 86.9 Å². The monoisotopic (exact) mass is 1290 g/mol. The summed E-state index contributed by atoms with van der Waals surface area (Å²) in [6.07, 6.45) is 17.1. The maximum absolute atomic E-state index is 8.49. The van der Waals surface area contributed by atoms with Crippen molar-refractivity contribution in [1.29, 1.82) is 0 Å². The number of pyridine rings is 6. The molecule has 0 saturated carbocycles. The van der Waals surface area contributed by atoms with E-state index < -0.39 is 41.0 Å². The van der Waals surface area contributed by atoms with Crippen LogP contribution in [0.4, 0.5) is 0 Å². The molecule has 6 aromatic heterocycles. The first-order chi connectivity index (χ1) is 36.6. The molecule has 0 amide bonds. The van der Waals surface area contributed by atoms with Crippen molar-refractivity contribution in [3.63, 3.8) is 0 Å². The molecule has 6 heterocycles. The van der Waals surface area contributed by atoms with Gasteiger partial charge in [0.2, 0.25) is 0 Å². The third-order valence-electron chi connectivity index (χ3n) is 10.2. The van der Waals surface area contributed by atoms with Gasteiger partial charge in [-0.1, -0.05) is 36.4 Å². The van der Waals surface area contributed by atoms with E-state index in [0.717, 1.165) is 138 Å². The summed E-state index contributed by atoms with van der Waals surface area (Å²) >= 11 is 0. The van der Waals surface area contributed by atoms with Gasteiger partial charge in [0.05, 0.1) is 0 Å². The molecule has 0 atom stereocenters. The number of rotatable bonds is 24. The fraction of sp³-hybridized carbons (Fsp3) is 0.375. The Hall–Kier alpha value is -3.75. The van der Waals surface area contributed by atoms with E-state index in [4.69, 9.17) is 74.5 Å². The van der Waals surface area contributed by atoms with E-state index in [0.29, 0.717) is 0 Å². The van der Waals surface area contributed by atoms with Crippen LogP contribution in [0.15, 0.2) is 146 Å². The van der Waals surface area contributed by atoms with Crippen molar-refractivity contribution in [2.75, 3.05) is 79.5 Å². The smallest absolute Gasteiger partial charge is 0.305 e. The first kappa shape index (κ1) is 78.3. The minimum atomic E-state index is -4.94. The van der Waals surface area contributed by atoms with Gasteiger partial charge in [-0.25, -0.2) is 74.5 Å². The molecule has 0 unspecified atom stereocenters. The Kier molecular flexibility index (Phi) is 43.8. The second-order valence-electron chi connectivity index (χ2n) is 16.2. The molecule has 448 valence electrons. The Morgan fingerprint density at radius 1 is 0.263 bits per heavy atom. The number of aromatic nitrogens is 6. The largest absolute Gasteiger partial charge is 2.00 e. The van der Waals surface area contributed by atoms with Crippen LogP contribution in [0.5, 0.6) is 0 Å². The third kappa shape index (κ3) is 56.1. The summed E-state index contributed by atoms with van der Waals surface area (Å²) in [4.78, 5) is 36.6. The Morgan fingerprint density at radius 3 is 0.575 bits per heavy atom. The SMILES string of the molecule is CN(CCc1ccccn1)CCN(CCc1ccccn1)CCc1ccccn1.CN(CCc1ccccn1)CCN(CCc1ccccn1)CCc1ccccn1.[Ni+2].[Ni+2].[O-][Cl+3]([O-])([O-])[O-].[O-][Cl+3]([O-])([O-])[O-].[O-][Cl+3]([O-])([O-])[O-].[O-][Cl+3]([O-])([O-])[O-]. The van der Waals surface area contributed by atoms with Crippen LogP contribution in [-0.4, -0.2) is 129 Å². The first-order valence-corrected chi connectivity index (χ1v) is 28.2. The molecule has 0 fully saturated rings. The van der Waals surface area contributed by atoms with Crippen LogP contribution in [0.1, 0.15) is 34.2 Å². The molecule has 0 aliphatic rings. The first-order valence-electron chi connectivity index (χ1n) is 23.3. The van der Waals surface area contributed by atoms with E-state index in [1.807, 2.05) is 73.6 Å². The summed E-state index contributed by atoms with van der Waals surface area (Å²) in [5.74, 6) is 0. The molecule has 0 saturated heterocycles.